The number of hydrogen-bond acceptors (Lipinski definition) is 6. The zero-order chi connectivity index (χ0) is 29.6. The lowest BCUT2D eigenvalue weighted by atomic mass is 10.1. The summed E-state index contributed by atoms with van der Waals surface area (Å²) < 4.78 is 18.1. The molecule has 4 amide bonds. The van der Waals surface area contributed by atoms with Gasteiger partial charge in [0.25, 0.3) is 11.8 Å². The van der Waals surface area contributed by atoms with Crippen LogP contribution in [0, 0.1) is 0 Å². The molecule has 0 spiro atoms. The fourth-order valence-corrected chi connectivity index (χ4v) is 4.52. The van der Waals surface area contributed by atoms with Crippen LogP contribution in [-0.4, -0.2) is 25.0 Å². The third kappa shape index (κ3) is 6.82. The van der Waals surface area contributed by atoms with E-state index in [1.165, 1.54) is 13.2 Å². The van der Waals surface area contributed by atoms with Crippen molar-refractivity contribution in [3.05, 3.63) is 123 Å². The van der Waals surface area contributed by atoms with Gasteiger partial charge in [0.1, 0.15) is 24.5 Å². The van der Waals surface area contributed by atoms with Crippen LogP contribution >= 0.6 is 27.5 Å². The molecule has 1 heterocycles. The van der Waals surface area contributed by atoms with Crippen molar-refractivity contribution in [2.45, 2.75) is 13.2 Å². The Labute approximate surface area is 255 Å². The topological polar surface area (TPSA) is 94.2 Å². The van der Waals surface area contributed by atoms with E-state index in [1.807, 2.05) is 36.4 Å². The lowest BCUT2D eigenvalue weighted by molar-refractivity contribution is -0.122. The Morgan fingerprint density at radius 3 is 2.12 bits per heavy atom. The highest BCUT2D eigenvalue weighted by Gasteiger charge is 2.36. The Bertz CT molecular complexity index is 1650. The fourth-order valence-electron chi connectivity index (χ4n) is 4.13. The molecule has 0 unspecified atom stereocenters. The highest BCUT2D eigenvalue weighted by atomic mass is 79.9. The molecule has 4 aromatic carbocycles. The number of carbonyl (C=O) groups is 3. The van der Waals surface area contributed by atoms with Crippen LogP contribution in [0.25, 0.3) is 6.08 Å². The van der Waals surface area contributed by atoms with Gasteiger partial charge in [-0.2, -0.15) is 0 Å². The average Bonchev–Trinajstić information content (AvgIpc) is 2.99. The minimum absolute atomic E-state index is 0.205. The Balaban J connectivity index is 1.30. The number of imide groups is 2. The number of nitrogens with zero attached hydrogens (tertiary/aromatic N) is 1. The molecular weight excluding hydrogens is 624 g/mol. The van der Waals surface area contributed by atoms with Gasteiger partial charge in [0.05, 0.1) is 12.8 Å². The smallest absolute Gasteiger partial charge is 0.335 e. The maximum Gasteiger partial charge on any atom is 0.335 e. The van der Waals surface area contributed by atoms with E-state index >= 15 is 0 Å². The molecule has 0 saturated carbocycles. The van der Waals surface area contributed by atoms with Gasteiger partial charge >= 0.3 is 6.03 Å². The van der Waals surface area contributed by atoms with Crippen LogP contribution in [0.3, 0.4) is 0 Å². The second-order valence-corrected chi connectivity index (χ2v) is 10.5. The highest BCUT2D eigenvalue weighted by Crippen LogP contribution is 2.31. The first-order chi connectivity index (χ1) is 20.3. The monoisotopic (exact) mass is 646 g/mol. The number of rotatable bonds is 9. The number of amides is 4. The lowest BCUT2D eigenvalue weighted by Gasteiger charge is -2.26. The van der Waals surface area contributed by atoms with E-state index in [2.05, 4.69) is 21.2 Å². The van der Waals surface area contributed by atoms with Crippen LogP contribution in [0.2, 0.25) is 5.02 Å². The number of urea groups is 1. The lowest BCUT2D eigenvalue weighted by Crippen LogP contribution is -2.54. The Hall–Kier alpha value is -4.60. The van der Waals surface area contributed by atoms with Crippen molar-refractivity contribution in [2.24, 2.45) is 0 Å². The zero-order valence-corrected chi connectivity index (χ0v) is 24.6. The second-order valence-electron chi connectivity index (χ2n) is 9.19. The summed E-state index contributed by atoms with van der Waals surface area (Å²) >= 11 is 9.33. The molecule has 10 heteroatoms. The number of nitrogens with one attached hydrogen (secondary N) is 1. The second kappa shape index (κ2) is 12.9. The molecule has 1 N–H and O–H groups in total. The third-order valence-electron chi connectivity index (χ3n) is 6.32. The summed E-state index contributed by atoms with van der Waals surface area (Å²) in [7, 11) is 1.50. The normalized spacial score (nSPS) is 14.1. The van der Waals surface area contributed by atoms with Crippen molar-refractivity contribution in [1.29, 1.82) is 0 Å². The molecule has 0 atom stereocenters. The molecule has 0 aliphatic carbocycles. The number of barbiturate groups is 1. The largest absolute Gasteiger partial charge is 0.493 e. The standard InChI is InChI=1S/C32H24BrClN2O6/c1-40-29-17-22(6-15-28(29)42-19-20-2-7-23(33)8-3-20)16-27-30(37)35-32(39)36(31(27)38)25-11-13-26(14-12-25)41-18-21-4-9-24(34)10-5-21/h2-17H,18-19H2,1H3,(H,35,37,39)/b27-16+. The first-order valence-corrected chi connectivity index (χ1v) is 13.9. The summed E-state index contributed by atoms with van der Waals surface area (Å²) in [5.41, 5.74) is 2.50. The molecular formula is C32H24BrClN2O6. The highest BCUT2D eigenvalue weighted by molar-refractivity contribution is 9.10. The van der Waals surface area contributed by atoms with E-state index in [-0.39, 0.29) is 11.3 Å². The maximum atomic E-state index is 13.4. The molecule has 1 fully saturated rings. The van der Waals surface area contributed by atoms with E-state index < -0.39 is 17.8 Å². The minimum Gasteiger partial charge on any atom is -0.493 e. The van der Waals surface area contributed by atoms with Crippen molar-refractivity contribution in [1.82, 2.24) is 5.32 Å². The van der Waals surface area contributed by atoms with Crippen molar-refractivity contribution < 1.29 is 28.6 Å². The maximum absolute atomic E-state index is 13.4. The molecule has 1 aliphatic rings. The molecule has 1 aliphatic heterocycles. The van der Waals surface area contributed by atoms with Crippen LogP contribution < -0.4 is 24.4 Å². The molecule has 42 heavy (non-hydrogen) atoms. The van der Waals surface area contributed by atoms with Gasteiger partial charge < -0.3 is 14.2 Å². The van der Waals surface area contributed by atoms with Crippen molar-refractivity contribution in [2.75, 3.05) is 12.0 Å². The number of halogens is 2. The number of hydrogen-bond donors (Lipinski definition) is 1. The van der Waals surface area contributed by atoms with E-state index in [0.717, 1.165) is 20.5 Å². The summed E-state index contributed by atoms with van der Waals surface area (Å²) in [5, 5.41) is 2.87. The SMILES string of the molecule is COc1cc(/C=C2\C(=O)NC(=O)N(c3ccc(OCc4ccc(Cl)cc4)cc3)C2=O)ccc1OCc1ccc(Br)cc1. The van der Waals surface area contributed by atoms with E-state index in [4.69, 9.17) is 25.8 Å². The van der Waals surface area contributed by atoms with E-state index in [9.17, 15) is 14.4 Å². The van der Waals surface area contributed by atoms with Gasteiger partial charge in [-0.3, -0.25) is 14.9 Å². The minimum atomic E-state index is -0.841. The van der Waals surface area contributed by atoms with Gasteiger partial charge in [-0.05, 0) is 83.4 Å². The zero-order valence-electron chi connectivity index (χ0n) is 22.3. The molecule has 0 aromatic heterocycles. The van der Waals surface area contributed by atoms with Crippen LogP contribution in [-0.2, 0) is 22.8 Å². The van der Waals surface area contributed by atoms with Crippen LogP contribution in [0.15, 0.2) is 101 Å². The van der Waals surface area contributed by atoms with E-state index in [0.29, 0.717) is 41.0 Å². The van der Waals surface area contributed by atoms with E-state index in [1.54, 1.807) is 54.6 Å². The van der Waals surface area contributed by atoms with Gasteiger partial charge in [-0.15, -0.1) is 0 Å². The summed E-state index contributed by atoms with van der Waals surface area (Å²) in [5.74, 6) is -0.0869. The molecule has 0 bridgehead atoms. The van der Waals surface area contributed by atoms with Gasteiger partial charge in [0.15, 0.2) is 11.5 Å². The van der Waals surface area contributed by atoms with Gasteiger partial charge in [-0.25, -0.2) is 9.69 Å². The fraction of sp³-hybridized carbons (Fsp3) is 0.0938. The molecule has 8 nitrogen and oxygen atoms in total. The quantitative estimate of drug-likeness (QED) is 0.156. The predicted octanol–water partition coefficient (Wildman–Crippen LogP) is 6.94. The van der Waals surface area contributed by atoms with Gasteiger partial charge in [0.2, 0.25) is 0 Å². The van der Waals surface area contributed by atoms with Crippen LogP contribution in [0.5, 0.6) is 17.2 Å². The number of ether oxygens (including phenoxy) is 3. The summed E-state index contributed by atoms with van der Waals surface area (Å²) in [6, 6.07) is 25.6. The average molecular weight is 648 g/mol. The molecule has 0 radical (unpaired) electrons. The van der Waals surface area contributed by atoms with Crippen molar-refractivity contribution in [3.8, 4) is 17.2 Å². The third-order valence-corrected chi connectivity index (χ3v) is 7.10. The Morgan fingerprint density at radius 2 is 1.45 bits per heavy atom. The van der Waals surface area contributed by atoms with Crippen LogP contribution in [0.4, 0.5) is 10.5 Å². The summed E-state index contributed by atoms with van der Waals surface area (Å²) in [4.78, 5) is 39.6. The van der Waals surface area contributed by atoms with Crippen molar-refractivity contribution >= 4 is 57.1 Å². The number of methoxy groups -OCH3 is 1. The molecule has 212 valence electrons. The summed E-state index contributed by atoms with van der Waals surface area (Å²) in [6.07, 6.45) is 1.40. The molecule has 4 aromatic rings. The van der Waals surface area contributed by atoms with Gasteiger partial charge in [-0.1, -0.05) is 57.9 Å². The predicted molar refractivity (Wildman–Crippen MR) is 163 cm³/mol. The van der Waals surface area contributed by atoms with Gasteiger partial charge in [0, 0.05) is 9.50 Å². The number of anilines is 1. The molecule has 1 saturated heterocycles. The first kappa shape index (κ1) is 28.9. The Morgan fingerprint density at radius 1 is 0.810 bits per heavy atom. The number of benzene rings is 4. The summed E-state index contributed by atoms with van der Waals surface area (Å²) in [6.45, 7) is 0.644. The first-order valence-electron chi connectivity index (χ1n) is 12.7. The number of carbonyl (C=O) groups excluding carboxylic acids is 3. The Kier molecular flexibility index (Phi) is 8.90. The van der Waals surface area contributed by atoms with Crippen LogP contribution in [0.1, 0.15) is 16.7 Å². The molecule has 5 rings (SSSR count). The van der Waals surface area contributed by atoms with Crippen molar-refractivity contribution in [3.63, 3.8) is 0 Å².